The van der Waals surface area contributed by atoms with E-state index >= 15 is 0 Å². The number of carbonyl (C=O) groups excluding carboxylic acids is 3. The third-order valence-electron chi connectivity index (χ3n) is 4.29. The number of carbonyl (C=O) groups is 3. The number of ketones is 1. The van der Waals surface area contributed by atoms with Gasteiger partial charge in [0, 0.05) is 24.8 Å². The molecule has 2 rings (SSSR count). The van der Waals surface area contributed by atoms with E-state index in [1.165, 1.54) is 24.3 Å². The molecule has 0 bridgehead atoms. The Morgan fingerprint density at radius 3 is 2.58 bits per heavy atom. The number of Topliss-reactive ketones (excluding diaryl/α,β-unsaturated/α-hetero) is 1. The standard InChI is InChI=1S/C19H22N2O5/c1-6-9-21(18(23)15-8-7-10-26-15)11-14(22)16-12(2)17(19(24)25-5)20(4)13(16)3/h6-8,10H,1,9,11H2,2-5H3. The van der Waals surface area contributed by atoms with Crippen molar-refractivity contribution in [1.29, 1.82) is 0 Å². The largest absolute Gasteiger partial charge is 0.464 e. The van der Waals surface area contributed by atoms with Crippen molar-refractivity contribution in [3.63, 3.8) is 0 Å². The van der Waals surface area contributed by atoms with Gasteiger partial charge in [0.1, 0.15) is 5.69 Å². The molecule has 2 aromatic rings. The Morgan fingerprint density at radius 1 is 1.35 bits per heavy atom. The van der Waals surface area contributed by atoms with E-state index in [0.717, 1.165) is 0 Å². The van der Waals surface area contributed by atoms with Crippen molar-refractivity contribution in [3.05, 3.63) is 59.3 Å². The molecule has 0 radical (unpaired) electrons. The molecule has 0 atom stereocenters. The Kier molecular flexibility index (Phi) is 5.82. The summed E-state index contributed by atoms with van der Waals surface area (Å²) in [6.45, 7) is 7.11. The van der Waals surface area contributed by atoms with Gasteiger partial charge in [-0.2, -0.15) is 0 Å². The van der Waals surface area contributed by atoms with Crippen LogP contribution in [0.25, 0.3) is 0 Å². The number of ether oxygens (including phenoxy) is 1. The lowest BCUT2D eigenvalue weighted by Crippen LogP contribution is -2.36. The minimum atomic E-state index is -0.512. The lowest BCUT2D eigenvalue weighted by atomic mass is 10.0. The normalized spacial score (nSPS) is 10.5. The van der Waals surface area contributed by atoms with Gasteiger partial charge in [-0.1, -0.05) is 6.08 Å². The van der Waals surface area contributed by atoms with Gasteiger partial charge < -0.3 is 18.6 Å². The summed E-state index contributed by atoms with van der Waals surface area (Å²) in [6, 6.07) is 3.15. The first-order valence-corrected chi connectivity index (χ1v) is 8.04. The molecule has 0 unspecified atom stereocenters. The number of esters is 1. The third kappa shape index (κ3) is 3.46. The summed E-state index contributed by atoms with van der Waals surface area (Å²) in [6.07, 6.45) is 2.94. The van der Waals surface area contributed by atoms with Crippen LogP contribution in [-0.4, -0.2) is 47.3 Å². The lowest BCUT2D eigenvalue weighted by molar-refractivity contribution is 0.0588. The number of nitrogens with zero attached hydrogens (tertiary/aromatic N) is 2. The van der Waals surface area contributed by atoms with Crippen LogP contribution in [0.5, 0.6) is 0 Å². The van der Waals surface area contributed by atoms with Crippen molar-refractivity contribution >= 4 is 17.7 Å². The van der Waals surface area contributed by atoms with Gasteiger partial charge in [0.05, 0.1) is 19.9 Å². The number of hydrogen-bond acceptors (Lipinski definition) is 5. The van der Waals surface area contributed by atoms with Crippen LogP contribution in [-0.2, 0) is 11.8 Å². The van der Waals surface area contributed by atoms with Crippen LogP contribution >= 0.6 is 0 Å². The van der Waals surface area contributed by atoms with Gasteiger partial charge in [-0.05, 0) is 31.5 Å². The highest BCUT2D eigenvalue weighted by molar-refractivity contribution is 6.05. The van der Waals surface area contributed by atoms with Gasteiger partial charge in [0.15, 0.2) is 11.5 Å². The molecule has 7 nitrogen and oxygen atoms in total. The molecular formula is C19H22N2O5. The number of hydrogen-bond donors (Lipinski definition) is 0. The quantitative estimate of drug-likeness (QED) is 0.432. The Labute approximate surface area is 151 Å². The van der Waals surface area contributed by atoms with Gasteiger partial charge in [0.25, 0.3) is 5.91 Å². The number of amides is 1. The summed E-state index contributed by atoms with van der Waals surface area (Å²) < 4.78 is 11.5. The zero-order valence-corrected chi connectivity index (χ0v) is 15.4. The van der Waals surface area contributed by atoms with E-state index in [0.29, 0.717) is 22.5 Å². The fourth-order valence-electron chi connectivity index (χ4n) is 2.96. The van der Waals surface area contributed by atoms with E-state index in [1.54, 1.807) is 37.6 Å². The van der Waals surface area contributed by atoms with E-state index in [2.05, 4.69) is 6.58 Å². The molecule has 0 aliphatic carbocycles. The minimum absolute atomic E-state index is 0.149. The summed E-state index contributed by atoms with van der Waals surface area (Å²) in [5, 5.41) is 0. The van der Waals surface area contributed by atoms with Gasteiger partial charge in [-0.3, -0.25) is 9.59 Å². The van der Waals surface area contributed by atoms with Gasteiger partial charge in [-0.15, -0.1) is 6.58 Å². The van der Waals surface area contributed by atoms with E-state index in [-0.39, 0.29) is 24.6 Å². The van der Waals surface area contributed by atoms with Gasteiger partial charge >= 0.3 is 5.97 Å². The molecule has 138 valence electrons. The zero-order valence-electron chi connectivity index (χ0n) is 15.4. The summed E-state index contributed by atoms with van der Waals surface area (Å²) in [4.78, 5) is 38.7. The van der Waals surface area contributed by atoms with Crippen LogP contribution in [0.3, 0.4) is 0 Å². The number of aromatic nitrogens is 1. The Morgan fingerprint density at radius 2 is 2.04 bits per heavy atom. The second-order valence-electron chi connectivity index (χ2n) is 5.86. The van der Waals surface area contributed by atoms with Crippen LogP contribution in [0.2, 0.25) is 0 Å². The SMILES string of the molecule is C=CCN(CC(=O)c1c(C)c(C(=O)OC)n(C)c1C)C(=O)c1ccco1. The molecule has 0 aliphatic heterocycles. The molecule has 26 heavy (non-hydrogen) atoms. The van der Waals surface area contributed by atoms with Gasteiger partial charge in [-0.25, -0.2) is 4.79 Å². The van der Waals surface area contributed by atoms with E-state index in [9.17, 15) is 14.4 Å². The van der Waals surface area contributed by atoms with Crippen molar-refractivity contribution in [2.24, 2.45) is 7.05 Å². The van der Waals surface area contributed by atoms with E-state index < -0.39 is 11.9 Å². The Hall–Kier alpha value is -3.09. The maximum atomic E-state index is 12.9. The van der Waals surface area contributed by atoms with Crippen molar-refractivity contribution < 1.29 is 23.5 Å². The number of methoxy groups -OCH3 is 1. The maximum Gasteiger partial charge on any atom is 0.354 e. The van der Waals surface area contributed by atoms with Crippen molar-refractivity contribution in [3.8, 4) is 0 Å². The molecule has 0 aromatic carbocycles. The first kappa shape index (κ1) is 19.2. The molecule has 2 heterocycles. The molecule has 1 amide bonds. The fraction of sp³-hybridized carbons (Fsp3) is 0.316. The maximum absolute atomic E-state index is 12.9. The van der Waals surface area contributed by atoms with Crippen molar-refractivity contribution in [2.75, 3.05) is 20.2 Å². The first-order chi connectivity index (χ1) is 12.3. The van der Waals surface area contributed by atoms with Crippen LogP contribution in [0, 0.1) is 13.8 Å². The monoisotopic (exact) mass is 358 g/mol. The molecule has 0 fully saturated rings. The van der Waals surface area contributed by atoms with Crippen LogP contribution in [0.1, 0.15) is 42.7 Å². The minimum Gasteiger partial charge on any atom is -0.464 e. The molecule has 0 saturated heterocycles. The summed E-state index contributed by atoms with van der Waals surface area (Å²) in [7, 11) is 2.99. The first-order valence-electron chi connectivity index (χ1n) is 8.04. The van der Waals surface area contributed by atoms with Crippen LogP contribution < -0.4 is 0 Å². The predicted molar refractivity (Wildman–Crippen MR) is 95.4 cm³/mol. The number of rotatable bonds is 7. The average Bonchev–Trinajstić information content (AvgIpc) is 3.21. The predicted octanol–water partition coefficient (Wildman–Crippen LogP) is 2.53. The van der Waals surface area contributed by atoms with Gasteiger partial charge in [0.2, 0.25) is 0 Å². The molecule has 0 saturated carbocycles. The Bertz CT molecular complexity index is 846. The van der Waals surface area contributed by atoms with E-state index in [4.69, 9.17) is 9.15 Å². The molecule has 7 heteroatoms. The van der Waals surface area contributed by atoms with E-state index in [1.807, 2.05) is 0 Å². The molecule has 0 spiro atoms. The third-order valence-corrected chi connectivity index (χ3v) is 4.29. The second kappa shape index (κ2) is 7.86. The second-order valence-corrected chi connectivity index (χ2v) is 5.86. The summed E-state index contributed by atoms with van der Waals surface area (Å²) in [5.41, 5.74) is 1.90. The fourth-order valence-corrected chi connectivity index (χ4v) is 2.96. The Balaban J connectivity index is 2.34. The lowest BCUT2D eigenvalue weighted by Gasteiger charge is -2.19. The van der Waals surface area contributed by atoms with Crippen LogP contribution in [0.15, 0.2) is 35.5 Å². The van der Waals surface area contributed by atoms with Crippen molar-refractivity contribution in [1.82, 2.24) is 9.47 Å². The zero-order chi connectivity index (χ0) is 19.4. The highest BCUT2D eigenvalue weighted by Crippen LogP contribution is 2.23. The smallest absolute Gasteiger partial charge is 0.354 e. The average molecular weight is 358 g/mol. The topological polar surface area (TPSA) is 81.8 Å². The summed E-state index contributed by atoms with van der Waals surface area (Å²) in [5.74, 6) is -1.03. The highest BCUT2D eigenvalue weighted by Gasteiger charge is 2.28. The van der Waals surface area contributed by atoms with Crippen LogP contribution in [0.4, 0.5) is 0 Å². The molecule has 0 N–H and O–H groups in total. The van der Waals surface area contributed by atoms with Crippen molar-refractivity contribution in [2.45, 2.75) is 13.8 Å². The molecule has 0 aliphatic rings. The molecular weight excluding hydrogens is 336 g/mol. The molecule has 2 aromatic heterocycles. The number of furan rings is 1. The highest BCUT2D eigenvalue weighted by atomic mass is 16.5. The summed E-state index contributed by atoms with van der Waals surface area (Å²) >= 11 is 0.